The molecule has 1 heterocycles. The first kappa shape index (κ1) is 17.9. The molecular weight excluding hydrogens is 302 g/mol. The summed E-state index contributed by atoms with van der Waals surface area (Å²) in [5, 5.41) is 15.3. The zero-order valence-electron chi connectivity index (χ0n) is 14.0. The number of nitrogens with zero attached hydrogens (tertiary/aromatic N) is 1. The molecule has 1 aromatic heterocycles. The predicted molar refractivity (Wildman–Crippen MR) is 96.0 cm³/mol. The first-order chi connectivity index (χ1) is 11.7. The molecule has 0 radical (unpaired) electrons. The van der Waals surface area contributed by atoms with Crippen molar-refractivity contribution >= 4 is 11.7 Å². The Kier molecular flexibility index (Phi) is 7.23. The Balaban J connectivity index is 2.05. The molecular formula is C19H25N3O2. The molecule has 0 saturated heterocycles. The van der Waals surface area contributed by atoms with Crippen LogP contribution in [0.15, 0.2) is 48.7 Å². The van der Waals surface area contributed by atoms with Gasteiger partial charge in [0.05, 0.1) is 11.6 Å². The van der Waals surface area contributed by atoms with Crippen LogP contribution in [0, 0.1) is 0 Å². The number of hydrogen-bond donors (Lipinski definition) is 3. The summed E-state index contributed by atoms with van der Waals surface area (Å²) in [6.07, 6.45) is 4.01. The number of aliphatic hydroxyl groups is 1. The van der Waals surface area contributed by atoms with Gasteiger partial charge in [-0.25, -0.2) is 4.98 Å². The lowest BCUT2D eigenvalue weighted by Gasteiger charge is -2.19. The molecule has 0 bridgehead atoms. The Morgan fingerprint density at radius 3 is 2.62 bits per heavy atom. The molecule has 0 aliphatic rings. The van der Waals surface area contributed by atoms with Crippen molar-refractivity contribution in [3.05, 3.63) is 59.8 Å². The van der Waals surface area contributed by atoms with E-state index in [9.17, 15) is 4.79 Å². The first-order valence-electron chi connectivity index (χ1n) is 8.41. The van der Waals surface area contributed by atoms with Crippen LogP contribution in [-0.2, 0) is 0 Å². The van der Waals surface area contributed by atoms with Gasteiger partial charge in [-0.2, -0.15) is 0 Å². The number of rotatable bonds is 9. The molecule has 1 atom stereocenters. The van der Waals surface area contributed by atoms with E-state index in [1.807, 2.05) is 31.2 Å². The maximum Gasteiger partial charge on any atom is 0.252 e. The molecule has 0 saturated carbocycles. The summed E-state index contributed by atoms with van der Waals surface area (Å²) < 4.78 is 0. The summed E-state index contributed by atoms with van der Waals surface area (Å²) >= 11 is 0. The van der Waals surface area contributed by atoms with E-state index in [-0.39, 0.29) is 18.6 Å². The highest BCUT2D eigenvalue weighted by Crippen LogP contribution is 2.22. The predicted octanol–water partition coefficient (Wildman–Crippen LogP) is 3.15. The van der Waals surface area contributed by atoms with Crippen LogP contribution >= 0.6 is 0 Å². The highest BCUT2D eigenvalue weighted by molar-refractivity contribution is 5.94. The number of pyridine rings is 1. The minimum atomic E-state index is -0.101. The second-order valence-electron chi connectivity index (χ2n) is 5.66. The maximum atomic E-state index is 11.9. The summed E-state index contributed by atoms with van der Waals surface area (Å²) in [7, 11) is 0. The Labute approximate surface area is 143 Å². The lowest BCUT2D eigenvalue weighted by atomic mass is 10.0. The van der Waals surface area contributed by atoms with Crippen LogP contribution in [-0.4, -0.2) is 29.1 Å². The van der Waals surface area contributed by atoms with Gasteiger partial charge in [0.15, 0.2) is 0 Å². The molecule has 5 nitrogen and oxygen atoms in total. The third-order valence-corrected chi connectivity index (χ3v) is 3.74. The summed E-state index contributed by atoms with van der Waals surface area (Å²) in [6, 6.07) is 13.8. The van der Waals surface area contributed by atoms with E-state index in [1.54, 1.807) is 12.3 Å². The summed E-state index contributed by atoms with van der Waals surface area (Å²) in [5.74, 6) is 0.615. The average Bonchev–Trinajstić information content (AvgIpc) is 2.64. The van der Waals surface area contributed by atoms with E-state index < -0.39 is 0 Å². The molecule has 2 rings (SSSR count). The second-order valence-corrected chi connectivity index (χ2v) is 5.66. The van der Waals surface area contributed by atoms with Gasteiger partial charge in [-0.15, -0.1) is 0 Å². The van der Waals surface area contributed by atoms with Crippen LogP contribution < -0.4 is 10.6 Å². The second kappa shape index (κ2) is 9.67. The molecule has 1 aromatic carbocycles. The highest BCUT2D eigenvalue weighted by atomic mass is 16.2. The zero-order valence-corrected chi connectivity index (χ0v) is 14.0. The fourth-order valence-electron chi connectivity index (χ4n) is 2.44. The Bertz CT molecular complexity index is 614. The molecule has 0 aliphatic heterocycles. The zero-order chi connectivity index (χ0) is 17.2. The molecule has 5 heteroatoms. The van der Waals surface area contributed by atoms with E-state index in [4.69, 9.17) is 5.11 Å². The minimum absolute atomic E-state index is 0.0746. The van der Waals surface area contributed by atoms with Crippen LogP contribution in [0.3, 0.4) is 0 Å². The van der Waals surface area contributed by atoms with Crippen LogP contribution in [0.5, 0.6) is 0 Å². The van der Waals surface area contributed by atoms with Gasteiger partial charge in [-0.05, 0) is 37.0 Å². The lowest BCUT2D eigenvalue weighted by Crippen LogP contribution is -2.24. The van der Waals surface area contributed by atoms with E-state index in [0.717, 1.165) is 18.4 Å². The number of benzene rings is 1. The molecule has 0 fully saturated rings. The Morgan fingerprint density at radius 2 is 2.00 bits per heavy atom. The van der Waals surface area contributed by atoms with Crippen molar-refractivity contribution in [3.8, 4) is 0 Å². The van der Waals surface area contributed by atoms with E-state index >= 15 is 0 Å². The number of anilines is 1. The molecule has 1 amide bonds. The van der Waals surface area contributed by atoms with Crippen molar-refractivity contribution in [2.45, 2.75) is 32.2 Å². The van der Waals surface area contributed by atoms with Crippen molar-refractivity contribution in [1.82, 2.24) is 10.3 Å². The van der Waals surface area contributed by atoms with Gasteiger partial charge in [-0.3, -0.25) is 4.79 Å². The Morgan fingerprint density at radius 1 is 1.21 bits per heavy atom. The largest absolute Gasteiger partial charge is 0.396 e. The minimum Gasteiger partial charge on any atom is -0.396 e. The smallest absolute Gasteiger partial charge is 0.252 e. The van der Waals surface area contributed by atoms with Gasteiger partial charge >= 0.3 is 0 Å². The molecule has 1 unspecified atom stereocenters. The van der Waals surface area contributed by atoms with Gasteiger partial charge in [-0.1, -0.05) is 37.3 Å². The summed E-state index contributed by atoms with van der Waals surface area (Å²) in [6.45, 7) is 2.84. The number of hydrogen-bond acceptors (Lipinski definition) is 4. The fraction of sp³-hybridized carbons (Fsp3) is 0.368. The van der Waals surface area contributed by atoms with Gasteiger partial charge in [0, 0.05) is 19.3 Å². The van der Waals surface area contributed by atoms with Crippen LogP contribution in [0.4, 0.5) is 5.82 Å². The number of amides is 1. The number of carbonyl (C=O) groups excluding carboxylic acids is 1. The van der Waals surface area contributed by atoms with Crippen LogP contribution in [0.2, 0.25) is 0 Å². The van der Waals surface area contributed by atoms with E-state index in [0.29, 0.717) is 24.3 Å². The van der Waals surface area contributed by atoms with Gasteiger partial charge in [0.1, 0.15) is 5.82 Å². The molecule has 0 aliphatic carbocycles. The van der Waals surface area contributed by atoms with E-state index in [1.165, 1.54) is 0 Å². The quantitative estimate of drug-likeness (QED) is 0.661. The SMILES string of the molecule is CCCNC(=O)c1ccc(NC(CCCO)c2ccccc2)nc1. The standard InChI is InChI=1S/C19H25N3O2/c1-2-12-20-19(24)16-10-11-18(21-14-16)22-17(9-6-13-23)15-7-4-3-5-8-15/h3-5,7-8,10-11,14,17,23H,2,6,9,12-13H2,1H3,(H,20,24)(H,21,22). The normalized spacial score (nSPS) is 11.8. The van der Waals surface area contributed by atoms with Gasteiger partial charge in [0.2, 0.25) is 0 Å². The summed E-state index contributed by atoms with van der Waals surface area (Å²) in [4.78, 5) is 16.2. The highest BCUT2D eigenvalue weighted by Gasteiger charge is 2.12. The lowest BCUT2D eigenvalue weighted by molar-refractivity contribution is 0.0953. The molecule has 24 heavy (non-hydrogen) atoms. The molecule has 3 N–H and O–H groups in total. The van der Waals surface area contributed by atoms with Crippen molar-refractivity contribution in [2.75, 3.05) is 18.5 Å². The van der Waals surface area contributed by atoms with Crippen molar-refractivity contribution in [2.24, 2.45) is 0 Å². The number of aromatic nitrogens is 1. The third kappa shape index (κ3) is 5.35. The maximum absolute atomic E-state index is 11.9. The van der Waals surface area contributed by atoms with Gasteiger partial charge in [0.25, 0.3) is 5.91 Å². The average molecular weight is 327 g/mol. The molecule has 2 aromatic rings. The fourth-order valence-corrected chi connectivity index (χ4v) is 2.44. The number of nitrogens with one attached hydrogen (secondary N) is 2. The van der Waals surface area contributed by atoms with Crippen LogP contribution in [0.1, 0.15) is 48.1 Å². The van der Waals surface area contributed by atoms with Crippen molar-refractivity contribution < 1.29 is 9.90 Å². The number of carbonyl (C=O) groups is 1. The van der Waals surface area contributed by atoms with Gasteiger partial charge < -0.3 is 15.7 Å². The first-order valence-corrected chi connectivity index (χ1v) is 8.41. The van der Waals surface area contributed by atoms with Crippen molar-refractivity contribution in [1.29, 1.82) is 0 Å². The molecule has 0 spiro atoms. The third-order valence-electron chi connectivity index (χ3n) is 3.74. The van der Waals surface area contributed by atoms with Crippen LogP contribution in [0.25, 0.3) is 0 Å². The van der Waals surface area contributed by atoms with E-state index in [2.05, 4.69) is 27.8 Å². The summed E-state index contributed by atoms with van der Waals surface area (Å²) in [5.41, 5.74) is 1.71. The number of aliphatic hydroxyl groups excluding tert-OH is 1. The topological polar surface area (TPSA) is 74.2 Å². The Hall–Kier alpha value is -2.40. The molecule has 128 valence electrons. The monoisotopic (exact) mass is 327 g/mol. The van der Waals surface area contributed by atoms with Crippen molar-refractivity contribution in [3.63, 3.8) is 0 Å².